The van der Waals surface area contributed by atoms with Gasteiger partial charge in [0, 0.05) is 22.3 Å². The van der Waals surface area contributed by atoms with Crippen LogP contribution in [-0.2, 0) is 20.4 Å². The van der Waals surface area contributed by atoms with E-state index < -0.39 is 35.3 Å². The van der Waals surface area contributed by atoms with E-state index in [4.69, 9.17) is 9.47 Å². The molecule has 38 heavy (non-hydrogen) atoms. The molecule has 2 aliphatic heterocycles. The first-order valence-corrected chi connectivity index (χ1v) is 11.9. The Morgan fingerprint density at radius 3 is 1.18 bits per heavy atom. The first kappa shape index (κ1) is 24.0. The molecule has 2 heterocycles. The molecular formula is C30H22O8. The number of para-hydroxylation sites is 2. The van der Waals surface area contributed by atoms with Crippen molar-refractivity contribution in [3.8, 4) is 11.5 Å². The van der Waals surface area contributed by atoms with Crippen molar-refractivity contribution in [2.24, 2.45) is 0 Å². The summed E-state index contributed by atoms with van der Waals surface area (Å²) >= 11 is 0. The van der Waals surface area contributed by atoms with Crippen LogP contribution in [0.2, 0.25) is 0 Å². The molecule has 4 aromatic rings. The van der Waals surface area contributed by atoms with Crippen molar-refractivity contribution in [1.82, 2.24) is 0 Å². The second-order valence-electron chi connectivity index (χ2n) is 9.26. The summed E-state index contributed by atoms with van der Waals surface area (Å²) in [5, 5.41) is 38.7. The fourth-order valence-corrected chi connectivity index (χ4v) is 5.80. The van der Waals surface area contributed by atoms with E-state index in [0.29, 0.717) is 22.3 Å². The smallest absolute Gasteiger partial charge is 0.328 e. The van der Waals surface area contributed by atoms with Crippen molar-refractivity contribution in [2.45, 2.75) is 23.4 Å². The van der Waals surface area contributed by atoms with Crippen molar-refractivity contribution in [3.05, 3.63) is 130 Å². The lowest BCUT2D eigenvalue weighted by atomic mass is 9.52. The van der Waals surface area contributed by atoms with Crippen molar-refractivity contribution in [1.29, 1.82) is 0 Å². The van der Waals surface area contributed by atoms with Crippen LogP contribution in [0.25, 0.3) is 0 Å². The predicted molar refractivity (Wildman–Crippen MR) is 133 cm³/mol. The first-order valence-electron chi connectivity index (χ1n) is 11.9. The highest BCUT2D eigenvalue weighted by molar-refractivity contribution is 6.08. The van der Waals surface area contributed by atoms with E-state index in [2.05, 4.69) is 0 Å². The third-order valence-electron chi connectivity index (χ3n) is 7.45. The zero-order chi connectivity index (χ0) is 26.7. The third kappa shape index (κ3) is 3.06. The number of hydrogen-bond donors (Lipinski definition) is 4. The van der Waals surface area contributed by atoms with Crippen molar-refractivity contribution in [3.63, 3.8) is 0 Å². The highest BCUT2D eigenvalue weighted by atomic mass is 16.6. The molecule has 8 nitrogen and oxygen atoms in total. The van der Waals surface area contributed by atoms with E-state index >= 15 is 0 Å². The van der Waals surface area contributed by atoms with Gasteiger partial charge in [0.05, 0.1) is 0 Å². The van der Waals surface area contributed by atoms with Gasteiger partial charge >= 0.3 is 11.9 Å². The normalized spacial score (nSPS) is 21.8. The van der Waals surface area contributed by atoms with E-state index in [1.165, 1.54) is 24.3 Å². The number of esters is 2. The van der Waals surface area contributed by atoms with Crippen molar-refractivity contribution >= 4 is 11.9 Å². The average molecular weight is 510 g/mol. The Bertz CT molecular complexity index is 1440. The Morgan fingerprint density at radius 1 is 0.500 bits per heavy atom. The van der Waals surface area contributed by atoms with E-state index in [-0.39, 0.29) is 22.6 Å². The molecule has 2 aliphatic rings. The standard InChI is InChI=1S/C30H22O8/c31-25(32)17-9-13-19(14-10-17)29(21-5-1-3-7-23(21)37-27(29)35)30(20-15-11-18(12-16-20)26(33)34)22-6-2-4-8-24(22)38-28(30)36/h1-16,25-26,31-34H. The lowest BCUT2D eigenvalue weighted by molar-refractivity contribution is -0.147. The maximum Gasteiger partial charge on any atom is 0.328 e. The molecule has 0 radical (unpaired) electrons. The van der Waals surface area contributed by atoms with Crippen LogP contribution in [0.5, 0.6) is 11.5 Å². The number of fused-ring (bicyclic) bond motifs is 2. The van der Waals surface area contributed by atoms with Gasteiger partial charge in [-0.05, 0) is 23.3 Å². The number of benzene rings is 4. The lowest BCUT2D eigenvalue weighted by Gasteiger charge is -2.42. The van der Waals surface area contributed by atoms with E-state index in [1.54, 1.807) is 72.8 Å². The summed E-state index contributed by atoms with van der Waals surface area (Å²) in [4.78, 5) is 28.5. The topological polar surface area (TPSA) is 134 Å². The quantitative estimate of drug-likeness (QED) is 0.183. The number of hydrogen-bond acceptors (Lipinski definition) is 8. The van der Waals surface area contributed by atoms with Crippen LogP contribution in [0.1, 0.15) is 46.0 Å². The molecule has 0 saturated heterocycles. The first-order chi connectivity index (χ1) is 18.3. The van der Waals surface area contributed by atoms with Crippen LogP contribution in [0.4, 0.5) is 0 Å². The number of carbonyl (C=O) groups excluding carboxylic acids is 2. The van der Waals surface area contributed by atoms with Crippen LogP contribution >= 0.6 is 0 Å². The largest absolute Gasteiger partial charge is 0.425 e. The Hall–Kier alpha value is -4.34. The summed E-state index contributed by atoms with van der Waals surface area (Å²) in [7, 11) is 0. The van der Waals surface area contributed by atoms with E-state index in [0.717, 1.165) is 0 Å². The molecule has 2 unspecified atom stereocenters. The molecule has 8 heteroatoms. The molecular weight excluding hydrogens is 488 g/mol. The zero-order valence-electron chi connectivity index (χ0n) is 19.8. The summed E-state index contributed by atoms with van der Waals surface area (Å²) in [6.07, 6.45) is -3.46. The molecule has 4 N–H and O–H groups in total. The number of carbonyl (C=O) groups is 2. The van der Waals surface area contributed by atoms with Gasteiger partial charge in [-0.3, -0.25) is 9.59 Å². The molecule has 0 aliphatic carbocycles. The SMILES string of the molecule is O=C1Oc2ccccc2C1(c1ccc(C(O)O)cc1)C1(c2ccc(C(O)O)cc2)C(=O)Oc2ccccc21. The molecule has 0 aromatic heterocycles. The highest BCUT2D eigenvalue weighted by Gasteiger charge is 2.72. The van der Waals surface area contributed by atoms with Gasteiger partial charge in [-0.1, -0.05) is 84.9 Å². The number of aliphatic hydroxyl groups excluding tert-OH is 2. The van der Waals surface area contributed by atoms with E-state index in [9.17, 15) is 30.0 Å². The fraction of sp³-hybridized carbons (Fsp3) is 0.133. The van der Waals surface area contributed by atoms with E-state index in [1.807, 2.05) is 0 Å². The number of rotatable bonds is 5. The molecule has 0 bridgehead atoms. The molecule has 0 fully saturated rings. The number of ether oxygens (including phenoxy) is 2. The Balaban J connectivity index is 1.77. The predicted octanol–water partition coefficient (Wildman–Crippen LogP) is 2.76. The Kier molecular flexibility index (Phi) is 5.44. The lowest BCUT2D eigenvalue weighted by Crippen LogP contribution is -2.58. The van der Waals surface area contributed by atoms with Crippen LogP contribution in [-0.4, -0.2) is 32.4 Å². The molecule has 6 rings (SSSR count). The van der Waals surface area contributed by atoms with Crippen LogP contribution < -0.4 is 9.47 Å². The molecule has 0 spiro atoms. The number of aliphatic hydroxyl groups is 4. The molecule has 4 aromatic carbocycles. The summed E-state index contributed by atoms with van der Waals surface area (Å²) in [5.74, 6) is -0.864. The van der Waals surface area contributed by atoms with Gasteiger partial charge in [0.2, 0.25) is 0 Å². The minimum Gasteiger partial charge on any atom is -0.425 e. The third-order valence-corrected chi connectivity index (χ3v) is 7.45. The minimum atomic E-state index is -1.79. The molecule has 190 valence electrons. The van der Waals surface area contributed by atoms with Crippen LogP contribution in [0.15, 0.2) is 97.1 Å². The van der Waals surface area contributed by atoms with Gasteiger partial charge in [-0.15, -0.1) is 0 Å². The highest BCUT2D eigenvalue weighted by Crippen LogP contribution is 2.62. The van der Waals surface area contributed by atoms with Gasteiger partial charge in [0.25, 0.3) is 0 Å². The van der Waals surface area contributed by atoms with Gasteiger partial charge in [-0.25, -0.2) is 0 Å². The molecule has 0 saturated carbocycles. The van der Waals surface area contributed by atoms with Crippen LogP contribution in [0, 0.1) is 0 Å². The van der Waals surface area contributed by atoms with Gasteiger partial charge < -0.3 is 29.9 Å². The average Bonchev–Trinajstić information content (AvgIpc) is 3.39. The Morgan fingerprint density at radius 2 is 0.842 bits per heavy atom. The maximum absolute atomic E-state index is 14.3. The summed E-state index contributed by atoms with van der Waals surface area (Å²) in [6, 6.07) is 25.8. The van der Waals surface area contributed by atoms with Crippen LogP contribution in [0.3, 0.4) is 0 Å². The summed E-state index contributed by atoms with van der Waals surface area (Å²) in [6.45, 7) is 0. The van der Waals surface area contributed by atoms with Crippen molar-refractivity contribution < 1.29 is 39.5 Å². The fourth-order valence-electron chi connectivity index (χ4n) is 5.80. The Labute approximate surface area is 217 Å². The summed E-state index contributed by atoms with van der Waals surface area (Å²) in [5.41, 5.74) is -1.56. The van der Waals surface area contributed by atoms with Gasteiger partial charge in [0.1, 0.15) is 22.3 Å². The second kappa shape index (κ2) is 8.61. The molecule has 0 amide bonds. The minimum absolute atomic E-state index is 0.202. The monoisotopic (exact) mass is 510 g/mol. The van der Waals surface area contributed by atoms with Gasteiger partial charge in [0.15, 0.2) is 12.6 Å². The molecule has 2 atom stereocenters. The zero-order valence-corrected chi connectivity index (χ0v) is 19.8. The maximum atomic E-state index is 14.3. The van der Waals surface area contributed by atoms with Crippen molar-refractivity contribution in [2.75, 3.05) is 0 Å². The van der Waals surface area contributed by atoms with Gasteiger partial charge in [-0.2, -0.15) is 0 Å². The summed E-state index contributed by atoms with van der Waals surface area (Å²) < 4.78 is 11.6. The second-order valence-corrected chi connectivity index (χ2v) is 9.26.